The van der Waals surface area contributed by atoms with Gasteiger partial charge in [-0.05, 0) is 60.3 Å². The van der Waals surface area contributed by atoms with Crippen LogP contribution < -0.4 is 0 Å². The minimum Gasteiger partial charge on any atom is -0.394 e. The van der Waals surface area contributed by atoms with E-state index in [1.54, 1.807) is 13.0 Å². The quantitative estimate of drug-likeness (QED) is 0.202. The summed E-state index contributed by atoms with van der Waals surface area (Å²) < 4.78 is 23.2. The van der Waals surface area contributed by atoms with Crippen molar-refractivity contribution >= 4 is 0 Å². The Labute approximate surface area is 219 Å². The average molecular weight is 531 g/mol. The predicted octanol–water partition coefficient (Wildman–Crippen LogP) is 1.07. The average Bonchev–Trinajstić information content (AvgIpc) is 2.85. The zero-order valence-electron chi connectivity index (χ0n) is 22.6. The number of aliphatic hydroxyl groups is 6. The van der Waals surface area contributed by atoms with Crippen LogP contribution in [0.2, 0.25) is 0 Å². The van der Waals surface area contributed by atoms with Crippen LogP contribution in [0.25, 0.3) is 0 Å². The summed E-state index contributed by atoms with van der Waals surface area (Å²) >= 11 is 0. The molecule has 2 rings (SSSR count). The number of rotatable bonds is 12. The fourth-order valence-electron chi connectivity index (χ4n) is 4.35. The Morgan fingerprint density at radius 3 is 2.16 bits per heavy atom. The summed E-state index contributed by atoms with van der Waals surface area (Å²) in [5.41, 5.74) is 1.60. The maximum Gasteiger partial charge on any atom is 0.188 e. The SMILES string of the molecule is C=CC(C)(CCC=C(C)CCC=C(C)C)OC1OC(CO)C(O)C(O)C1OC1OC(C)C(O)C(O)C1O. The third kappa shape index (κ3) is 8.66. The van der Waals surface area contributed by atoms with Gasteiger partial charge in [0.15, 0.2) is 12.6 Å². The van der Waals surface area contributed by atoms with Gasteiger partial charge >= 0.3 is 0 Å². The van der Waals surface area contributed by atoms with Gasteiger partial charge in [-0.25, -0.2) is 0 Å². The fourth-order valence-corrected chi connectivity index (χ4v) is 4.35. The summed E-state index contributed by atoms with van der Waals surface area (Å²) in [7, 11) is 0. The van der Waals surface area contributed by atoms with Gasteiger partial charge in [-0.2, -0.15) is 0 Å². The highest BCUT2D eigenvalue weighted by molar-refractivity contribution is 5.04. The van der Waals surface area contributed by atoms with Crippen LogP contribution in [-0.4, -0.2) is 104 Å². The van der Waals surface area contributed by atoms with Crippen LogP contribution in [0, 0.1) is 0 Å². The van der Waals surface area contributed by atoms with Crippen LogP contribution in [0.3, 0.4) is 0 Å². The van der Waals surface area contributed by atoms with Crippen molar-refractivity contribution in [2.24, 2.45) is 0 Å². The molecule has 2 aliphatic heterocycles. The molecule has 6 N–H and O–H groups in total. The van der Waals surface area contributed by atoms with Gasteiger partial charge in [-0.3, -0.25) is 0 Å². The molecule has 10 heteroatoms. The van der Waals surface area contributed by atoms with E-state index in [1.165, 1.54) is 18.1 Å². The zero-order chi connectivity index (χ0) is 27.9. The summed E-state index contributed by atoms with van der Waals surface area (Å²) in [4.78, 5) is 0. The van der Waals surface area contributed by atoms with Gasteiger partial charge in [0.05, 0.1) is 18.3 Å². The standard InChI is InChI=1S/C27H46O10/c1-7-27(6,13-9-12-16(4)11-8-10-15(2)3)37-26-24(22(32)20(30)18(14-28)35-26)36-25-23(33)21(31)19(29)17(5)34-25/h7,10,12,17-26,28-33H,1,8-9,11,13-14H2,2-6H3. The van der Waals surface area contributed by atoms with Crippen molar-refractivity contribution < 1.29 is 49.6 Å². The first-order valence-corrected chi connectivity index (χ1v) is 12.9. The lowest BCUT2D eigenvalue weighted by atomic mass is 9.95. The van der Waals surface area contributed by atoms with Gasteiger partial charge in [0.1, 0.15) is 42.7 Å². The zero-order valence-corrected chi connectivity index (χ0v) is 22.6. The topological polar surface area (TPSA) is 158 Å². The van der Waals surface area contributed by atoms with E-state index in [4.69, 9.17) is 18.9 Å². The minimum atomic E-state index is -1.63. The Kier molecular flexibility index (Phi) is 12.4. The molecular weight excluding hydrogens is 484 g/mol. The van der Waals surface area contributed by atoms with Crippen LogP contribution in [0.4, 0.5) is 0 Å². The van der Waals surface area contributed by atoms with Crippen LogP contribution in [-0.2, 0) is 18.9 Å². The molecule has 0 bridgehead atoms. The molecule has 0 saturated carbocycles. The van der Waals surface area contributed by atoms with Gasteiger partial charge in [0.2, 0.25) is 0 Å². The highest BCUT2D eigenvalue weighted by atomic mass is 16.8. The first-order valence-electron chi connectivity index (χ1n) is 12.9. The van der Waals surface area contributed by atoms with E-state index >= 15 is 0 Å². The van der Waals surface area contributed by atoms with Crippen LogP contribution in [0.1, 0.15) is 60.3 Å². The van der Waals surface area contributed by atoms with E-state index in [0.717, 1.165) is 12.8 Å². The molecule has 0 aliphatic carbocycles. The van der Waals surface area contributed by atoms with Crippen molar-refractivity contribution in [3.8, 4) is 0 Å². The lowest BCUT2D eigenvalue weighted by Gasteiger charge is -2.47. The molecule has 11 atom stereocenters. The summed E-state index contributed by atoms with van der Waals surface area (Å²) in [6, 6.07) is 0. The number of aliphatic hydroxyl groups excluding tert-OH is 6. The molecule has 2 heterocycles. The fraction of sp³-hybridized carbons (Fsp3) is 0.778. The molecule has 0 aromatic carbocycles. The molecule has 214 valence electrons. The molecule has 0 radical (unpaired) electrons. The second-order valence-corrected chi connectivity index (χ2v) is 10.5. The second kappa shape index (κ2) is 14.3. The third-order valence-corrected chi connectivity index (χ3v) is 6.97. The number of allylic oxidation sites excluding steroid dienone is 4. The molecular formula is C27H46O10. The Balaban J connectivity index is 2.15. The largest absolute Gasteiger partial charge is 0.394 e. The summed E-state index contributed by atoms with van der Waals surface area (Å²) in [5, 5.41) is 61.4. The van der Waals surface area contributed by atoms with E-state index in [-0.39, 0.29) is 0 Å². The number of hydrogen-bond acceptors (Lipinski definition) is 10. The molecule has 37 heavy (non-hydrogen) atoms. The second-order valence-electron chi connectivity index (χ2n) is 10.5. The minimum absolute atomic E-state index is 0.524. The normalized spacial score (nSPS) is 38.6. The van der Waals surface area contributed by atoms with Crippen molar-refractivity contribution in [2.75, 3.05) is 6.61 Å². The molecule has 0 spiro atoms. The van der Waals surface area contributed by atoms with Crippen molar-refractivity contribution in [2.45, 2.75) is 127 Å². The Morgan fingerprint density at radius 1 is 0.892 bits per heavy atom. The lowest BCUT2D eigenvalue weighted by molar-refractivity contribution is -0.373. The van der Waals surface area contributed by atoms with Gasteiger partial charge in [0, 0.05) is 0 Å². The monoisotopic (exact) mass is 530 g/mol. The van der Waals surface area contributed by atoms with E-state index in [1.807, 2.05) is 0 Å². The molecule has 0 amide bonds. The molecule has 2 fully saturated rings. The predicted molar refractivity (Wildman–Crippen MR) is 136 cm³/mol. The highest BCUT2D eigenvalue weighted by Gasteiger charge is 2.51. The molecule has 2 aliphatic rings. The number of ether oxygens (including phenoxy) is 4. The maximum absolute atomic E-state index is 10.8. The van der Waals surface area contributed by atoms with Crippen LogP contribution >= 0.6 is 0 Å². The van der Waals surface area contributed by atoms with Crippen LogP contribution in [0.15, 0.2) is 36.0 Å². The molecule has 2 saturated heterocycles. The van der Waals surface area contributed by atoms with Crippen LogP contribution in [0.5, 0.6) is 0 Å². The van der Waals surface area contributed by atoms with E-state index in [0.29, 0.717) is 12.8 Å². The first-order chi connectivity index (χ1) is 17.3. The highest BCUT2D eigenvalue weighted by Crippen LogP contribution is 2.33. The summed E-state index contributed by atoms with van der Waals surface area (Å²) in [6.07, 6.45) is -4.62. The van der Waals surface area contributed by atoms with Gasteiger partial charge < -0.3 is 49.6 Å². The Bertz CT molecular complexity index is 781. The van der Waals surface area contributed by atoms with E-state index < -0.39 is 73.6 Å². The van der Waals surface area contributed by atoms with E-state index in [2.05, 4.69) is 39.5 Å². The molecule has 0 aromatic rings. The number of hydrogen-bond donors (Lipinski definition) is 6. The molecule has 0 aromatic heterocycles. The third-order valence-electron chi connectivity index (χ3n) is 6.97. The van der Waals surface area contributed by atoms with Gasteiger partial charge in [-0.1, -0.05) is 29.4 Å². The summed E-state index contributed by atoms with van der Waals surface area (Å²) in [5.74, 6) is 0. The lowest BCUT2D eigenvalue weighted by Crippen LogP contribution is -2.64. The van der Waals surface area contributed by atoms with Gasteiger partial charge in [0.25, 0.3) is 0 Å². The Morgan fingerprint density at radius 2 is 1.57 bits per heavy atom. The van der Waals surface area contributed by atoms with Crippen molar-refractivity contribution in [1.82, 2.24) is 0 Å². The molecule has 10 nitrogen and oxygen atoms in total. The maximum atomic E-state index is 10.8. The first kappa shape index (κ1) is 32.0. The molecule has 11 unspecified atom stereocenters. The van der Waals surface area contributed by atoms with Crippen molar-refractivity contribution in [1.29, 1.82) is 0 Å². The van der Waals surface area contributed by atoms with Gasteiger partial charge in [-0.15, -0.1) is 6.58 Å². The summed E-state index contributed by atoms with van der Waals surface area (Å²) in [6.45, 7) is 12.8. The van der Waals surface area contributed by atoms with Crippen molar-refractivity contribution in [3.05, 3.63) is 36.0 Å². The Hall–Kier alpha value is -1.18. The smallest absolute Gasteiger partial charge is 0.188 e. The van der Waals surface area contributed by atoms with Crippen molar-refractivity contribution in [3.63, 3.8) is 0 Å². The van der Waals surface area contributed by atoms with E-state index in [9.17, 15) is 30.6 Å².